The second-order valence-electron chi connectivity index (χ2n) is 4.85. The molecule has 0 aliphatic carbocycles. The van der Waals surface area contributed by atoms with Gasteiger partial charge in [0.1, 0.15) is 5.69 Å². The zero-order valence-corrected chi connectivity index (χ0v) is 12.1. The molecule has 0 unspecified atom stereocenters. The summed E-state index contributed by atoms with van der Waals surface area (Å²) in [7, 11) is 0. The van der Waals surface area contributed by atoms with Gasteiger partial charge in [-0.1, -0.05) is 0 Å². The monoisotopic (exact) mass is 321 g/mol. The van der Waals surface area contributed by atoms with Crippen molar-refractivity contribution in [2.75, 3.05) is 18.4 Å². The first-order valence-corrected chi connectivity index (χ1v) is 7.24. The summed E-state index contributed by atoms with van der Waals surface area (Å²) >= 11 is 1.06. The SMILES string of the molecule is CC(=O)Nc1nc(C(=O)N2CCC[C@@H](C(F)(F)F)C2)cs1. The lowest BCUT2D eigenvalue weighted by molar-refractivity contribution is -0.184. The van der Waals surface area contributed by atoms with Crippen molar-refractivity contribution in [3.63, 3.8) is 0 Å². The number of piperidine rings is 1. The van der Waals surface area contributed by atoms with Crippen molar-refractivity contribution in [3.8, 4) is 0 Å². The van der Waals surface area contributed by atoms with Crippen LogP contribution in [-0.2, 0) is 4.79 Å². The van der Waals surface area contributed by atoms with Crippen molar-refractivity contribution in [2.45, 2.75) is 25.9 Å². The van der Waals surface area contributed by atoms with E-state index in [-0.39, 0.29) is 29.7 Å². The van der Waals surface area contributed by atoms with Crippen LogP contribution in [0.4, 0.5) is 18.3 Å². The molecule has 2 rings (SSSR count). The van der Waals surface area contributed by atoms with Crippen LogP contribution in [0.15, 0.2) is 5.38 Å². The van der Waals surface area contributed by atoms with Crippen molar-refractivity contribution in [3.05, 3.63) is 11.1 Å². The van der Waals surface area contributed by atoms with E-state index in [9.17, 15) is 22.8 Å². The van der Waals surface area contributed by atoms with Gasteiger partial charge >= 0.3 is 6.18 Å². The number of amides is 2. The molecule has 0 saturated carbocycles. The highest BCUT2D eigenvalue weighted by molar-refractivity contribution is 7.14. The van der Waals surface area contributed by atoms with Gasteiger partial charge in [0, 0.05) is 25.4 Å². The number of hydrogen-bond acceptors (Lipinski definition) is 4. The molecule has 116 valence electrons. The van der Waals surface area contributed by atoms with Gasteiger partial charge in [-0.25, -0.2) is 4.98 Å². The van der Waals surface area contributed by atoms with Crippen molar-refractivity contribution < 1.29 is 22.8 Å². The van der Waals surface area contributed by atoms with E-state index < -0.39 is 18.0 Å². The van der Waals surface area contributed by atoms with Gasteiger partial charge < -0.3 is 10.2 Å². The summed E-state index contributed by atoms with van der Waals surface area (Å²) in [6.45, 7) is 1.26. The third kappa shape index (κ3) is 3.93. The molecule has 1 aromatic heterocycles. The fourth-order valence-electron chi connectivity index (χ4n) is 2.17. The summed E-state index contributed by atoms with van der Waals surface area (Å²) in [6, 6.07) is 0. The maximum Gasteiger partial charge on any atom is 0.393 e. The van der Waals surface area contributed by atoms with Crippen LogP contribution in [0.2, 0.25) is 0 Å². The lowest BCUT2D eigenvalue weighted by Gasteiger charge is -2.33. The minimum absolute atomic E-state index is 0.0431. The van der Waals surface area contributed by atoms with E-state index in [1.54, 1.807) is 0 Å². The number of halogens is 3. The van der Waals surface area contributed by atoms with Gasteiger partial charge in [0.05, 0.1) is 5.92 Å². The number of rotatable bonds is 2. The van der Waals surface area contributed by atoms with Crippen LogP contribution in [0.5, 0.6) is 0 Å². The number of carbonyl (C=O) groups excluding carboxylic acids is 2. The molecule has 0 bridgehead atoms. The first kappa shape index (κ1) is 15.7. The smallest absolute Gasteiger partial charge is 0.337 e. The van der Waals surface area contributed by atoms with Gasteiger partial charge in [0.25, 0.3) is 5.91 Å². The predicted octanol–water partition coefficient (Wildman–Crippen LogP) is 2.52. The molecule has 1 N–H and O–H groups in total. The lowest BCUT2D eigenvalue weighted by atomic mass is 9.97. The first-order valence-electron chi connectivity index (χ1n) is 6.36. The predicted molar refractivity (Wildman–Crippen MR) is 71.1 cm³/mol. The fraction of sp³-hybridized carbons (Fsp3) is 0.583. The average Bonchev–Trinajstić information content (AvgIpc) is 2.84. The Balaban J connectivity index is 2.05. The number of likely N-dealkylation sites (tertiary alicyclic amines) is 1. The maximum absolute atomic E-state index is 12.7. The van der Waals surface area contributed by atoms with Crippen molar-refractivity contribution in [1.29, 1.82) is 0 Å². The largest absolute Gasteiger partial charge is 0.393 e. The third-order valence-corrected chi connectivity index (χ3v) is 3.94. The highest BCUT2D eigenvalue weighted by Gasteiger charge is 2.42. The molecule has 0 spiro atoms. The quantitative estimate of drug-likeness (QED) is 0.910. The van der Waals surface area contributed by atoms with E-state index in [1.807, 2.05) is 0 Å². The van der Waals surface area contributed by atoms with Crippen LogP contribution >= 0.6 is 11.3 Å². The summed E-state index contributed by atoms with van der Waals surface area (Å²) in [5.74, 6) is -2.33. The molecule has 0 aromatic carbocycles. The van der Waals surface area contributed by atoms with E-state index in [0.29, 0.717) is 13.0 Å². The fourth-order valence-corrected chi connectivity index (χ4v) is 2.90. The number of nitrogens with one attached hydrogen (secondary N) is 1. The molecule has 2 amide bonds. The number of alkyl halides is 3. The molecule has 1 aliphatic rings. The molecular formula is C12H14F3N3O2S. The second-order valence-corrected chi connectivity index (χ2v) is 5.71. The summed E-state index contributed by atoms with van der Waals surface area (Å²) < 4.78 is 38.2. The van der Waals surface area contributed by atoms with E-state index >= 15 is 0 Å². The zero-order valence-electron chi connectivity index (χ0n) is 11.2. The van der Waals surface area contributed by atoms with Crippen LogP contribution in [-0.4, -0.2) is 41.0 Å². The summed E-state index contributed by atoms with van der Waals surface area (Å²) in [5.41, 5.74) is 0.0616. The minimum Gasteiger partial charge on any atom is -0.337 e. The molecule has 21 heavy (non-hydrogen) atoms. The van der Waals surface area contributed by atoms with Crippen molar-refractivity contribution in [1.82, 2.24) is 9.88 Å². The first-order chi connectivity index (χ1) is 9.77. The molecular weight excluding hydrogens is 307 g/mol. The van der Waals surface area contributed by atoms with Crippen LogP contribution in [0.3, 0.4) is 0 Å². The Morgan fingerprint density at radius 3 is 2.81 bits per heavy atom. The molecule has 0 radical (unpaired) electrons. The third-order valence-electron chi connectivity index (χ3n) is 3.18. The molecule has 1 atom stereocenters. The Morgan fingerprint density at radius 1 is 1.48 bits per heavy atom. The topological polar surface area (TPSA) is 62.3 Å². The van der Waals surface area contributed by atoms with E-state index in [4.69, 9.17) is 0 Å². The number of thiazole rings is 1. The van der Waals surface area contributed by atoms with Gasteiger partial charge in [0.15, 0.2) is 5.13 Å². The van der Waals surface area contributed by atoms with Crippen molar-refractivity contribution in [2.24, 2.45) is 5.92 Å². The van der Waals surface area contributed by atoms with Gasteiger partial charge in [-0.05, 0) is 12.8 Å². The highest BCUT2D eigenvalue weighted by atomic mass is 32.1. The van der Waals surface area contributed by atoms with Crippen LogP contribution in [0, 0.1) is 5.92 Å². The lowest BCUT2D eigenvalue weighted by Crippen LogP contribution is -2.44. The molecule has 5 nitrogen and oxygen atoms in total. The Bertz CT molecular complexity index is 544. The number of anilines is 1. The van der Waals surface area contributed by atoms with Gasteiger partial charge in [-0.3, -0.25) is 9.59 Å². The molecule has 1 fully saturated rings. The van der Waals surface area contributed by atoms with E-state index in [1.165, 1.54) is 17.2 Å². The number of carbonyl (C=O) groups is 2. The second kappa shape index (κ2) is 6.00. The molecule has 9 heteroatoms. The van der Waals surface area contributed by atoms with E-state index in [0.717, 1.165) is 11.3 Å². The molecule has 1 saturated heterocycles. The van der Waals surface area contributed by atoms with Gasteiger partial charge in [-0.2, -0.15) is 13.2 Å². The Morgan fingerprint density at radius 2 is 2.19 bits per heavy atom. The Labute approximate surface area is 123 Å². The van der Waals surface area contributed by atoms with E-state index in [2.05, 4.69) is 10.3 Å². The normalized spacial score (nSPS) is 19.4. The summed E-state index contributed by atoms with van der Waals surface area (Å²) in [4.78, 5) is 28.1. The zero-order chi connectivity index (χ0) is 15.6. The molecule has 2 heterocycles. The molecule has 1 aromatic rings. The molecule has 1 aliphatic heterocycles. The van der Waals surface area contributed by atoms with Crippen LogP contribution in [0.1, 0.15) is 30.3 Å². The summed E-state index contributed by atoms with van der Waals surface area (Å²) in [6.07, 6.45) is -3.93. The number of nitrogens with zero attached hydrogens (tertiary/aromatic N) is 2. The van der Waals surface area contributed by atoms with Crippen LogP contribution < -0.4 is 5.32 Å². The maximum atomic E-state index is 12.7. The van der Waals surface area contributed by atoms with Gasteiger partial charge in [0.2, 0.25) is 5.91 Å². The highest BCUT2D eigenvalue weighted by Crippen LogP contribution is 2.33. The summed E-state index contributed by atoms with van der Waals surface area (Å²) in [5, 5.41) is 4.13. The Hall–Kier alpha value is -1.64. The number of aromatic nitrogens is 1. The van der Waals surface area contributed by atoms with Crippen LogP contribution in [0.25, 0.3) is 0 Å². The average molecular weight is 321 g/mol. The van der Waals surface area contributed by atoms with Crippen molar-refractivity contribution >= 4 is 28.3 Å². The minimum atomic E-state index is -4.29. The Kier molecular flexibility index (Phi) is 4.50. The number of hydrogen-bond donors (Lipinski definition) is 1. The van der Waals surface area contributed by atoms with Gasteiger partial charge in [-0.15, -0.1) is 11.3 Å². The standard InChI is InChI=1S/C12H14F3N3O2S/c1-7(19)16-11-17-9(6-21-11)10(20)18-4-2-3-8(5-18)12(13,14)15/h6,8H,2-5H2,1H3,(H,16,17,19)/t8-/m1/s1.